The van der Waals surface area contributed by atoms with Gasteiger partial charge in [0.2, 0.25) is 5.91 Å². The van der Waals surface area contributed by atoms with Gasteiger partial charge in [-0.05, 0) is 31.5 Å². The molecule has 0 aromatic heterocycles. The Balaban J connectivity index is 1.95. The van der Waals surface area contributed by atoms with E-state index in [9.17, 15) is 9.90 Å². The Hall–Kier alpha value is -1.43. The van der Waals surface area contributed by atoms with Crippen LogP contribution in [0.5, 0.6) is 0 Å². The average molecular weight is 319 g/mol. The van der Waals surface area contributed by atoms with Crippen LogP contribution in [-0.4, -0.2) is 66.7 Å². The largest absolute Gasteiger partial charge is 0.394 e. The highest BCUT2D eigenvalue weighted by molar-refractivity contribution is 5.81. The molecule has 1 saturated heterocycles. The highest BCUT2D eigenvalue weighted by Crippen LogP contribution is 2.15. The van der Waals surface area contributed by atoms with Crippen LogP contribution in [0.15, 0.2) is 24.3 Å². The zero-order valence-electron chi connectivity index (χ0n) is 14.5. The van der Waals surface area contributed by atoms with Gasteiger partial charge >= 0.3 is 0 Å². The fourth-order valence-corrected chi connectivity index (χ4v) is 2.89. The van der Waals surface area contributed by atoms with Crippen molar-refractivity contribution in [1.82, 2.24) is 15.1 Å². The van der Waals surface area contributed by atoms with Crippen molar-refractivity contribution in [3.05, 3.63) is 35.4 Å². The minimum absolute atomic E-state index is 0.0202. The number of nitrogens with zero attached hydrogens (tertiary/aromatic N) is 2. The van der Waals surface area contributed by atoms with Crippen LogP contribution in [0.25, 0.3) is 0 Å². The Morgan fingerprint density at radius 3 is 2.35 bits per heavy atom. The zero-order valence-corrected chi connectivity index (χ0v) is 14.5. The third kappa shape index (κ3) is 4.77. The van der Waals surface area contributed by atoms with Crippen molar-refractivity contribution >= 4 is 5.91 Å². The maximum atomic E-state index is 12.5. The van der Waals surface area contributed by atoms with Crippen molar-refractivity contribution in [2.75, 3.05) is 39.8 Å². The number of benzene rings is 1. The molecule has 0 saturated carbocycles. The number of rotatable bonds is 6. The summed E-state index contributed by atoms with van der Waals surface area (Å²) < 4.78 is 0. The summed E-state index contributed by atoms with van der Waals surface area (Å²) in [4.78, 5) is 17.0. The first-order valence-corrected chi connectivity index (χ1v) is 8.47. The first-order valence-electron chi connectivity index (χ1n) is 8.47. The van der Waals surface area contributed by atoms with Gasteiger partial charge in [-0.1, -0.05) is 31.2 Å². The quantitative estimate of drug-likeness (QED) is 0.822. The highest BCUT2D eigenvalue weighted by atomic mass is 16.3. The molecule has 1 fully saturated rings. The number of aryl methyl sites for hydroxylation is 1. The summed E-state index contributed by atoms with van der Waals surface area (Å²) in [5.74, 6) is -0.0202. The fraction of sp³-hybridized carbons (Fsp3) is 0.611. The van der Waals surface area contributed by atoms with Gasteiger partial charge in [-0.2, -0.15) is 0 Å². The predicted octanol–water partition coefficient (Wildman–Crippen LogP) is 1.03. The van der Waals surface area contributed by atoms with Gasteiger partial charge in [-0.3, -0.25) is 9.69 Å². The third-order valence-electron chi connectivity index (χ3n) is 4.75. The van der Waals surface area contributed by atoms with E-state index in [1.54, 1.807) is 0 Å². The molecular formula is C18H29N3O2. The normalized spacial score (nSPS) is 19.3. The highest BCUT2D eigenvalue weighted by Gasteiger charge is 2.26. The molecule has 0 spiro atoms. The van der Waals surface area contributed by atoms with Crippen LogP contribution < -0.4 is 5.32 Å². The predicted molar refractivity (Wildman–Crippen MR) is 92.3 cm³/mol. The summed E-state index contributed by atoms with van der Waals surface area (Å²) >= 11 is 0. The number of aliphatic hydroxyl groups excluding tert-OH is 1. The first-order chi connectivity index (χ1) is 11.0. The summed E-state index contributed by atoms with van der Waals surface area (Å²) in [7, 11) is 2.10. The first kappa shape index (κ1) is 17.9. The average Bonchev–Trinajstić information content (AvgIpc) is 2.59. The number of amides is 1. The lowest BCUT2D eigenvalue weighted by molar-refractivity contribution is -0.127. The number of carbonyl (C=O) groups excluding carboxylic acids is 1. The van der Waals surface area contributed by atoms with Gasteiger partial charge in [0.1, 0.15) is 0 Å². The van der Waals surface area contributed by atoms with E-state index in [2.05, 4.69) is 29.1 Å². The summed E-state index contributed by atoms with van der Waals surface area (Å²) in [6.07, 6.45) is 0.983. The smallest absolute Gasteiger partial charge is 0.237 e. The molecular weight excluding hydrogens is 290 g/mol. The van der Waals surface area contributed by atoms with Crippen LogP contribution in [0.4, 0.5) is 0 Å². The summed E-state index contributed by atoms with van der Waals surface area (Å²) in [5, 5.41) is 12.6. The van der Waals surface area contributed by atoms with E-state index in [1.165, 1.54) is 5.56 Å². The molecule has 2 atom stereocenters. The molecule has 1 heterocycles. The van der Waals surface area contributed by atoms with Gasteiger partial charge in [-0.15, -0.1) is 0 Å². The second-order valence-electron chi connectivity index (χ2n) is 6.35. The Kier molecular flexibility index (Phi) is 6.57. The molecule has 2 unspecified atom stereocenters. The number of piperazine rings is 1. The Labute approximate surface area is 139 Å². The number of likely N-dealkylation sites (N-methyl/N-ethyl adjacent to an activating group) is 1. The fourth-order valence-electron chi connectivity index (χ4n) is 2.89. The molecule has 5 heteroatoms. The van der Waals surface area contributed by atoms with E-state index in [0.29, 0.717) is 0 Å². The van der Waals surface area contributed by atoms with Crippen molar-refractivity contribution in [3.63, 3.8) is 0 Å². The van der Waals surface area contributed by atoms with Gasteiger partial charge in [0.15, 0.2) is 0 Å². The van der Waals surface area contributed by atoms with Crippen molar-refractivity contribution in [2.45, 2.75) is 32.4 Å². The number of nitrogens with one attached hydrogen (secondary N) is 1. The Bertz CT molecular complexity index is 495. The van der Waals surface area contributed by atoms with E-state index < -0.39 is 0 Å². The molecule has 0 aliphatic carbocycles. The number of aliphatic hydroxyl groups is 1. The van der Waals surface area contributed by atoms with Gasteiger partial charge in [-0.25, -0.2) is 0 Å². The molecule has 2 N–H and O–H groups in total. The molecule has 2 rings (SSSR count). The lowest BCUT2D eigenvalue weighted by atomic mass is 10.0. The van der Waals surface area contributed by atoms with Crippen molar-refractivity contribution < 1.29 is 9.90 Å². The molecule has 0 radical (unpaired) electrons. The molecule has 1 aliphatic heterocycles. The van der Waals surface area contributed by atoms with Gasteiger partial charge in [0.25, 0.3) is 0 Å². The standard InChI is InChI=1S/C18H29N3O2/c1-4-15-5-7-16(8-6-15)17(13-22)19-18(23)14(2)21-11-9-20(3)10-12-21/h5-8,14,17,22H,4,9-13H2,1-3H3,(H,19,23). The molecule has 1 aromatic rings. The van der Waals surface area contributed by atoms with Crippen molar-refractivity contribution in [2.24, 2.45) is 0 Å². The molecule has 0 bridgehead atoms. The Morgan fingerprint density at radius 2 is 1.83 bits per heavy atom. The summed E-state index contributed by atoms with van der Waals surface area (Å²) in [6, 6.07) is 7.55. The van der Waals surface area contributed by atoms with E-state index in [-0.39, 0.29) is 24.6 Å². The zero-order chi connectivity index (χ0) is 16.8. The summed E-state index contributed by atoms with van der Waals surface area (Å²) in [6.45, 7) is 7.74. The molecule has 1 amide bonds. The Morgan fingerprint density at radius 1 is 1.22 bits per heavy atom. The van der Waals surface area contributed by atoms with Crippen molar-refractivity contribution in [3.8, 4) is 0 Å². The van der Waals surface area contributed by atoms with E-state index in [0.717, 1.165) is 38.2 Å². The SMILES string of the molecule is CCc1ccc(C(CO)NC(=O)C(C)N2CCN(C)CC2)cc1. The van der Waals surface area contributed by atoms with Gasteiger partial charge in [0.05, 0.1) is 18.7 Å². The monoisotopic (exact) mass is 319 g/mol. The maximum absolute atomic E-state index is 12.5. The van der Waals surface area contributed by atoms with Gasteiger partial charge in [0, 0.05) is 26.2 Å². The second-order valence-corrected chi connectivity index (χ2v) is 6.35. The van der Waals surface area contributed by atoms with Gasteiger partial charge < -0.3 is 15.3 Å². The minimum Gasteiger partial charge on any atom is -0.394 e. The van der Waals surface area contributed by atoms with Crippen LogP contribution >= 0.6 is 0 Å². The van der Waals surface area contributed by atoms with E-state index in [1.807, 2.05) is 31.2 Å². The van der Waals surface area contributed by atoms with Crippen LogP contribution in [0.1, 0.15) is 31.0 Å². The summed E-state index contributed by atoms with van der Waals surface area (Å²) in [5.41, 5.74) is 2.20. The van der Waals surface area contributed by atoms with Crippen molar-refractivity contribution in [1.29, 1.82) is 0 Å². The lowest BCUT2D eigenvalue weighted by Crippen LogP contribution is -2.53. The second kappa shape index (κ2) is 8.43. The number of carbonyl (C=O) groups is 1. The molecule has 1 aliphatic rings. The molecule has 1 aromatic carbocycles. The van der Waals surface area contributed by atoms with E-state index in [4.69, 9.17) is 0 Å². The topological polar surface area (TPSA) is 55.8 Å². The minimum atomic E-state index is -0.344. The van der Waals surface area contributed by atoms with Crippen LogP contribution in [0.2, 0.25) is 0 Å². The molecule has 128 valence electrons. The molecule has 5 nitrogen and oxygen atoms in total. The molecule has 23 heavy (non-hydrogen) atoms. The number of hydrogen-bond donors (Lipinski definition) is 2. The van der Waals surface area contributed by atoms with Crippen LogP contribution in [0, 0.1) is 0 Å². The lowest BCUT2D eigenvalue weighted by Gasteiger charge is -2.36. The third-order valence-corrected chi connectivity index (χ3v) is 4.75. The maximum Gasteiger partial charge on any atom is 0.237 e. The van der Waals surface area contributed by atoms with Crippen LogP contribution in [-0.2, 0) is 11.2 Å². The van der Waals surface area contributed by atoms with Crippen LogP contribution in [0.3, 0.4) is 0 Å². The number of hydrogen-bond acceptors (Lipinski definition) is 4. The van der Waals surface area contributed by atoms with E-state index >= 15 is 0 Å².